The summed E-state index contributed by atoms with van der Waals surface area (Å²) in [5.41, 5.74) is 0.512. The lowest BCUT2D eigenvalue weighted by Gasteiger charge is -2.33. The molecule has 0 fully saturated rings. The van der Waals surface area contributed by atoms with Gasteiger partial charge in [0, 0.05) is 6.54 Å². The number of rotatable bonds is 12. The molecule has 0 aliphatic carbocycles. The van der Waals surface area contributed by atoms with Gasteiger partial charge in [0.25, 0.3) is 0 Å². The highest BCUT2D eigenvalue weighted by Gasteiger charge is 2.26. The lowest BCUT2D eigenvalue weighted by atomic mass is 9.75. The average molecular weight is 255 g/mol. The Morgan fingerprint density at radius 1 is 1.00 bits per heavy atom. The molecule has 0 spiro atoms. The van der Waals surface area contributed by atoms with Crippen molar-refractivity contribution in [2.45, 2.75) is 86.0 Å². The van der Waals surface area contributed by atoms with Crippen molar-refractivity contribution in [3.8, 4) is 0 Å². The smallest absolute Gasteiger partial charge is 0.000526 e. The fraction of sp³-hybridized carbons (Fsp3) is 1.00. The van der Waals surface area contributed by atoms with Crippen LogP contribution in [0.2, 0.25) is 0 Å². The summed E-state index contributed by atoms with van der Waals surface area (Å²) in [5, 5.41) is 3.65. The molecule has 0 aliphatic rings. The molecule has 0 aromatic carbocycles. The molecule has 1 N–H and O–H groups in total. The monoisotopic (exact) mass is 255 g/mol. The van der Waals surface area contributed by atoms with Crippen LogP contribution in [-0.2, 0) is 0 Å². The molecule has 0 rings (SSSR count). The van der Waals surface area contributed by atoms with Crippen LogP contribution in [0.5, 0.6) is 0 Å². The summed E-state index contributed by atoms with van der Waals surface area (Å²) in [6.07, 6.45) is 10.9. The van der Waals surface area contributed by atoms with Crippen LogP contribution in [0.25, 0.3) is 0 Å². The zero-order valence-electron chi connectivity index (χ0n) is 13.6. The van der Waals surface area contributed by atoms with Gasteiger partial charge in [0.2, 0.25) is 0 Å². The van der Waals surface area contributed by atoms with Crippen molar-refractivity contribution < 1.29 is 0 Å². The van der Waals surface area contributed by atoms with E-state index >= 15 is 0 Å². The Morgan fingerprint density at radius 3 is 2.22 bits per heavy atom. The minimum absolute atomic E-state index is 0.512. The first-order chi connectivity index (χ1) is 8.61. The average Bonchev–Trinajstić information content (AvgIpc) is 2.35. The van der Waals surface area contributed by atoms with Crippen LogP contribution in [0.4, 0.5) is 0 Å². The van der Waals surface area contributed by atoms with E-state index in [-0.39, 0.29) is 0 Å². The number of nitrogens with one attached hydrogen (secondary N) is 1. The normalized spacial score (nSPS) is 16.5. The quantitative estimate of drug-likeness (QED) is 0.460. The minimum Gasteiger partial charge on any atom is -0.316 e. The number of hydrogen-bond donors (Lipinski definition) is 1. The lowest BCUT2D eigenvalue weighted by Crippen LogP contribution is -2.34. The first-order valence-electron chi connectivity index (χ1n) is 8.32. The van der Waals surface area contributed by atoms with Crippen molar-refractivity contribution in [1.82, 2.24) is 5.32 Å². The molecule has 0 bridgehead atoms. The second-order valence-corrected chi connectivity index (χ2v) is 6.36. The van der Waals surface area contributed by atoms with E-state index in [0.717, 1.165) is 5.92 Å². The van der Waals surface area contributed by atoms with E-state index in [4.69, 9.17) is 0 Å². The van der Waals surface area contributed by atoms with E-state index in [2.05, 4.69) is 39.9 Å². The molecule has 18 heavy (non-hydrogen) atoms. The van der Waals surface area contributed by atoms with E-state index in [1.807, 2.05) is 0 Å². The molecule has 1 nitrogen and oxygen atoms in total. The van der Waals surface area contributed by atoms with Crippen LogP contribution in [-0.4, -0.2) is 13.1 Å². The fourth-order valence-corrected chi connectivity index (χ4v) is 3.07. The largest absolute Gasteiger partial charge is 0.316 e. The van der Waals surface area contributed by atoms with Gasteiger partial charge in [0.1, 0.15) is 0 Å². The Labute approximate surface area is 116 Å². The van der Waals surface area contributed by atoms with Crippen LogP contribution in [0.1, 0.15) is 86.0 Å². The van der Waals surface area contributed by atoms with Crippen molar-refractivity contribution in [2.24, 2.45) is 11.3 Å². The van der Waals surface area contributed by atoms with Crippen molar-refractivity contribution in [3.63, 3.8) is 0 Å². The maximum atomic E-state index is 3.65. The van der Waals surface area contributed by atoms with E-state index in [1.54, 1.807) is 0 Å². The zero-order chi connectivity index (χ0) is 13.9. The lowest BCUT2D eigenvalue weighted by molar-refractivity contribution is 0.199. The molecule has 110 valence electrons. The molecule has 1 heteroatoms. The van der Waals surface area contributed by atoms with Gasteiger partial charge in [0.05, 0.1) is 0 Å². The summed E-state index contributed by atoms with van der Waals surface area (Å²) >= 11 is 0. The van der Waals surface area contributed by atoms with Crippen molar-refractivity contribution in [3.05, 3.63) is 0 Å². The van der Waals surface area contributed by atoms with Gasteiger partial charge in [-0.2, -0.15) is 0 Å². The van der Waals surface area contributed by atoms with E-state index < -0.39 is 0 Å². The highest BCUT2D eigenvalue weighted by molar-refractivity contribution is 4.79. The number of hydrogen-bond acceptors (Lipinski definition) is 1. The molecule has 0 heterocycles. The maximum Gasteiger partial charge on any atom is 0.000526 e. The molecule has 0 saturated carbocycles. The molecule has 0 aromatic rings. The van der Waals surface area contributed by atoms with Crippen LogP contribution < -0.4 is 5.32 Å². The first kappa shape index (κ1) is 18.0. The summed E-state index contributed by atoms with van der Waals surface area (Å²) < 4.78 is 0. The minimum atomic E-state index is 0.512. The molecule has 0 amide bonds. The molecule has 0 radical (unpaired) electrons. The second-order valence-electron chi connectivity index (χ2n) is 6.36. The van der Waals surface area contributed by atoms with Crippen LogP contribution in [0.15, 0.2) is 0 Å². The Kier molecular flexibility index (Phi) is 10.8. The Balaban J connectivity index is 4.26. The molecule has 0 aliphatic heterocycles. The van der Waals surface area contributed by atoms with Gasteiger partial charge < -0.3 is 5.32 Å². The summed E-state index contributed by atoms with van der Waals surface area (Å²) in [7, 11) is 0. The topological polar surface area (TPSA) is 12.0 Å². The summed E-state index contributed by atoms with van der Waals surface area (Å²) in [6.45, 7) is 14.1. The van der Waals surface area contributed by atoms with Crippen molar-refractivity contribution in [1.29, 1.82) is 0 Å². The molecular formula is C17H37N. The highest BCUT2D eigenvalue weighted by atomic mass is 14.9. The first-order valence-corrected chi connectivity index (χ1v) is 8.32. The van der Waals surface area contributed by atoms with Crippen molar-refractivity contribution in [2.75, 3.05) is 13.1 Å². The molecule has 2 unspecified atom stereocenters. The maximum absolute atomic E-state index is 3.65. The third-order valence-electron chi connectivity index (χ3n) is 4.16. The third kappa shape index (κ3) is 8.13. The molecule has 0 aromatic heterocycles. The third-order valence-corrected chi connectivity index (χ3v) is 4.16. The van der Waals surface area contributed by atoms with Gasteiger partial charge in [-0.15, -0.1) is 0 Å². The van der Waals surface area contributed by atoms with Crippen LogP contribution >= 0.6 is 0 Å². The fourth-order valence-electron chi connectivity index (χ4n) is 3.07. The Hall–Kier alpha value is -0.0400. The van der Waals surface area contributed by atoms with E-state index in [9.17, 15) is 0 Å². The standard InChI is InChI=1S/C17H37N/c1-6-10-11-16(9-4)14-17(5,12-7-2)15-18-13-8-3/h16,18H,6-15H2,1-5H3. The SMILES string of the molecule is CCCCC(CC)CC(C)(CCC)CNCCC. The van der Waals surface area contributed by atoms with Gasteiger partial charge in [-0.05, 0) is 37.1 Å². The van der Waals surface area contributed by atoms with Gasteiger partial charge >= 0.3 is 0 Å². The summed E-state index contributed by atoms with van der Waals surface area (Å²) in [6, 6.07) is 0. The van der Waals surface area contributed by atoms with Crippen LogP contribution in [0, 0.1) is 11.3 Å². The predicted molar refractivity (Wildman–Crippen MR) is 84.1 cm³/mol. The Bertz CT molecular complexity index is 178. The van der Waals surface area contributed by atoms with Gasteiger partial charge in [-0.25, -0.2) is 0 Å². The summed E-state index contributed by atoms with van der Waals surface area (Å²) in [4.78, 5) is 0. The predicted octanol–water partition coefficient (Wildman–Crippen LogP) is 5.40. The van der Waals surface area contributed by atoms with Crippen LogP contribution in [0.3, 0.4) is 0 Å². The Morgan fingerprint density at radius 2 is 1.72 bits per heavy atom. The van der Waals surface area contributed by atoms with Crippen molar-refractivity contribution >= 4 is 0 Å². The zero-order valence-corrected chi connectivity index (χ0v) is 13.6. The van der Waals surface area contributed by atoms with Gasteiger partial charge in [0.15, 0.2) is 0 Å². The molecule has 0 saturated heterocycles. The van der Waals surface area contributed by atoms with E-state index in [1.165, 1.54) is 64.5 Å². The second kappa shape index (κ2) is 10.8. The van der Waals surface area contributed by atoms with Gasteiger partial charge in [-0.1, -0.05) is 66.7 Å². The molecule has 2 atom stereocenters. The number of unbranched alkanes of at least 4 members (excludes halogenated alkanes) is 1. The summed E-state index contributed by atoms with van der Waals surface area (Å²) in [5.74, 6) is 0.935. The highest BCUT2D eigenvalue weighted by Crippen LogP contribution is 2.34. The van der Waals surface area contributed by atoms with Gasteiger partial charge in [-0.3, -0.25) is 0 Å². The molecular weight excluding hydrogens is 218 g/mol. The van der Waals surface area contributed by atoms with E-state index in [0.29, 0.717) is 5.41 Å².